The number of carbonyl (C=O) groups is 1. The first-order valence-electron chi connectivity index (χ1n) is 4.47. The number of carboxylic acid groups (broad SMARTS) is 1. The monoisotopic (exact) mass is 256 g/mol. The lowest BCUT2D eigenvalue weighted by atomic mass is 10.3. The van der Waals surface area contributed by atoms with E-state index in [1.165, 1.54) is 18.2 Å². The zero-order chi connectivity index (χ0) is 12.6. The summed E-state index contributed by atoms with van der Waals surface area (Å²) < 4.78 is 29.2. The molecule has 0 unspecified atom stereocenters. The maximum atomic E-state index is 11.0. The van der Waals surface area contributed by atoms with Gasteiger partial charge in [0.15, 0.2) is 5.58 Å². The number of aromatic nitrogens is 1. The molecule has 1 heterocycles. The Labute approximate surface area is 96.1 Å². The van der Waals surface area contributed by atoms with E-state index in [9.17, 15) is 13.2 Å². The third kappa shape index (κ3) is 2.53. The number of hydrogen-bond acceptors (Lipinski definition) is 5. The van der Waals surface area contributed by atoms with E-state index in [4.69, 9.17) is 9.52 Å². The van der Waals surface area contributed by atoms with Crippen molar-refractivity contribution in [1.29, 1.82) is 0 Å². The predicted octanol–water partition coefficient (Wildman–Crippen LogP) is 0.897. The van der Waals surface area contributed by atoms with Crippen LogP contribution in [0.1, 0.15) is 10.7 Å². The van der Waals surface area contributed by atoms with E-state index in [1.54, 1.807) is 0 Å². The minimum atomic E-state index is -3.38. The molecule has 0 aliphatic carbocycles. The average Bonchev–Trinajstić information content (AvgIpc) is 2.57. The summed E-state index contributed by atoms with van der Waals surface area (Å²) in [6.07, 6.45) is 1.02. The molecule has 0 atom stereocenters. The maximum absolute atomic E-state index is 11.0. The Morgan fingerprint density at radius 3 is 2.76 bits per heavy atom. The quantitative estimate of drug-likeness (QED) is 0.844. The van der Waals surface area contributed by atoms with Crippen LogP contribution in [-0.2, 0) is 10.0 Å². The van der Waals surface area contributed by atoms with Crippen LogP contribution >= 0.6 is 0 Å². The summed E-state index contributed by atoms with van der Waals surface area (Å²) in [7, 11) is -3.38. The lowest BCUT2D eigenvalue weighted by Crippen LogP contribution is -2.09. The standard InChI is InChI=1S/C9H8N2O5S/c1-17(14,15)11-5-2-3-7-6(4-5)10-8(16-7)9(12)13/h2-4,11H,1H3,(H,12,13). The molecular formula is C9H8N2O5S. The molecule has 7 nitrogen and oxygen atoms in total. The number of nitrogens with one attached hydrogen (secondary N) is 1. The van der Waals surface area contributed by atoms with Crippen LogP contribution in [0.4, 0.5) is 5.69 Å². The van der Waals surface area contributed by atoms with Crippen LogP contribution < -0.4 is 4.72 Å². The number of hydrogen-bond donors (Lipinski definition) is 2. The van der Waals surface area contributed by atoms with Gasteiger partial charge < -0.3 is 9.52 Å². The van der Waals surface area contributed by atoms with Crippen molar-refractivity contribution in [1.82, 2.24) is 4.98 Å². The topological polar surface area (TPSA) is 110 Å². The van der Waals surface area contributed by atoms with E-state index in [1.807, 2.05) is 0 Å². The van der Waals surface area contributed by atoms with Gasteiger partial charge in [0.05, 0.1) is 11.9 Å². The normalized spacial score (nSPS) is 11.6. The molecule has 2 rings (SSSR count). The first-order chi connectivity index (χ1) is 7.85. The fourth-order valence-electron chi connectivity index (χ4n) is 1.30. The molecule has 90 valence electrons. The molecule has 2 aromatic rings. The van der Waals surface area contributed by atoms with Gasteiger partial charge in [-0.2, -0.15) is 0 Å². The second-order valence-corrected chi connectivity index (χ2v) is 5.13. The van der Waals surface area contributed by atoms with Crippen molar-refractivity contribution in [3.63, 3.8) is 0 Å². The number of carboxylic acids is 1. The fraction of sp³-hybridized carbons (Fsp3) is 0.111. The van der Waals surface area contributed by atoms with Crippen molar-refractivity contribution in [2.45, 2.75) is 0 Å². The van der Waals surface area contributed by atoms with Gasteiger partial charge in [-0.15, -0.1) is 0 Å². The largest absolute Gasteiger partial charge is 0.474 e. The molecule has 0 saturated carbocycles. The van der Waals surface area contributed by atoms with Crippen molar-refractivity contribution in [3.05, 3.63) is 24.1 Å². The zero-order valence-corrected chi connectivity index (χ0v) is 9.48. The SMILES string of the molecule is CS(=O)(=O)Nc1ccc2oc(C(=O)O)nc2c1. The number of aromatic carboxylic acids is 1. The Bertz CT molecular complexity index is 688. The molecule has 0 saturated heterocycles. The predicted molar refractivity (Wildman–Crippen MR) is 59.4 cm³/mol. The van der Waals surface area contributed by atoms with Gasteiger partial charge >= 0.3 is 11.9 Å². The fourth-order valence-corrected chi connectivity index (χ4v) is 1.85. The van der Waals surface area contributed by atoms with E-state index in [0.717, 1.165) is 6.26 Å². The van der Waals surface area contributed by atoms with Gasteiger partial charge in [-0.3, -0.25) is 4.72 Å². The molecule has 0 amide bonds. The summed E-state index contributed by atoms with van der Waals surface area (Å²) in [5, 5.41) is 8.67. The van der Waals surface area contributed by atoms with Gasteiger partial charge in [0.25, 0.3) is 0 Å². The molecule has 0 aliphatic heterocycles. The summed E-state index contributed by atoms with van der Waals surface area (Å²) >= 11 is 0. The van der Waals surface area contributed by atoms with Crippen LogP contribution in [0, 0.1) is 0 Å². The lowest BCUT2D eigenvalue weighted by Gasteiger charge is -2.01. The maximum Gasteiger partial charge on any atom is 0.392 e. The Kier molecular flexibility index (Phi) is 2.50. The minimum Gasteiger partial charge on any atom is -0.474 e. The van der Waals surface area contributed by atoms with E-state index in [0.29, 0.717) is 5.69 Å². The van der Waals surface area contributed by atoms with Gasteiger partial charge in [0.1, 0.15) is 5.52 Å². The number of fused-ring (bicyclic) bond motifs is 1. The molecular weight excluding hydrogens is 248 g/mol. The van der Waals surface area contributed by atoms with Crippen LogP contribution in [0.2, 0.25) is 0 Å². The highest BCUT2D eigenvalue weighted by atomic mass is 32.2. The van der Waals surface area contributed by atoms with E-state index in [2.05, 4.69) is 9.71 Å². The van der Waals surface area contributed by atoms with Crippen LogP contribution in [0.5, 0.6) is 0 Å². The summed E-state index contributed by atoms with van der Waals surface area (Å²) in [5.41, 5.74) is 0.850. The molecule has 0 aliphatic rings. The van der Waals surface area contributed by atoms with E-state index in [-0.39, 0.29) is 11.1 Å². The molecule has 0 fully saturated rings. The van der Waals surface area contributed by atoms with Crippen LogP contribution in [0.3, 0.4) is 0 Å². The van der Waals surface area contributed by atoms with Gasteiger partial charge in [-0.25, -0.2) is 18.2 Å². The van der Waals surface area contributed by atoms with Crippen LogP contribution in [0.25, 0.3) is 11.1 Å². The zero-order valence-electron chi connectivity index (χ0n) is 8.67. The Balaban J connectivity index is 2.47. The summed E-state index contributed by atoms with van der Waals surface area (Å²) in [6.45, 7) is 0. The van der Waals surface area contributed by atoms with Gasteiger partial charge in [0.2, 0.25) is 10.0 Å². The molecule has 17 heavy (non-hydrogen) atoms. The highest BCUT2D eigenvalue weighted by Gasteiger charge is 2.13. The first-order valence-corrected chi connectivity index (χ1v) is 6.36. The molecule has 0 bridgehead atoms. The van der Waals surface area contributed by atoms with E-state index >= 15 is 0 Å². The van der Waals surface area contributed by atoms with Crippen LogP contribution in [0.15, 0.2) is 22.6 Å². The van der Waals surface area contributed by atoms with Gasteiger partial charge in [-0.05, 0) is 18.2 Å². The number of oxazole rings is 1. The summed E-state index contributed by atoms with van der Waals surface area (Å²) in [6, 6.07) is 4.30. The second kappa shape index (κ2) is 3.74. The number of rotatable bonds is 3. The number of benzene rings is 1. The number of anilines is 1. The lowest BCUT2D eigenvalue weighted by molar-refractivity contribution is 0.0656. The van der Waals surface area contributed by atoms with Crippen molar-refractivity contribution in [2.24, 2.45) is 0 Å². The Morgan fingerprint density at radius 1 is 1.47 bits per heavy atom. The second-order valence-electron chi connectivity index (χ2n) is 3.38. The Hall–Kier alpha value is -2.09. The van der Waals surface area contributed by atoms with Crippen molar-refractivity contribution in [2.75, 3.05) is 11.0 Å². The van der Waals surface area contributed by atoms with Gasteiger partial charge in [0, 0.05) is 0 Å². The van der Waals surface area contributed by atoms with Crippen LogP contribution in [-0.4, -0.2) is 30.7 Å². The smallest absolute Gasteiger partial charge is 0.392 e. The summed E-state index contributed by atoms with van der Waals surface area (Å²) in [4.78, 5) is 14.3. The first kappa shape index (κ1) is 11.4. The third-order valence-corrected chi connectivity index (χ3v) is 2.48. The Morgan fingerprint density at radius 2 is 2.18 bits per heavy atom. The van der Waals surface area contributed by atoms with Crippen molar-refractivity contribution >= 4 is 32.8 Å². The molecule has 0 spiro atoms. The third-order valence-electron chi connectivity index (χ3n) is 1.87. The van der Waals surface area contributed by atoms with Gasteiger partial charge in [-0.1, -0.05) is 0 Å². The van der Waals surface area contributed by atoms with Crippen molar-refractivity contribution < 1.29 is 22.7 Å². The molecule has 2 N–H and O–H groups in total. The average molecular weight is 256 g/mol. The molecule has 8 heteroatoms. The van der Waals surface area contributed by atoms with Crippen molar-refractivity contribution in [3.8, 4) is 0 Å². The highest BCUT2D eigenvalue weighted by molar-refractivity contribution is 7.92. The number of sulfonamides is 1. The molecule has 0 radical (unpaired) electrons. The molecule has 1 aromatic heterocycles. The number of nitrogens with zero attached hydrogens (tertiary/aromatic N) is 1. The highest BCUT2D eigenvalue weighted by Crippen LogP contribution is 2.20. The summed E-state index contributed by atoms with van der Waals surface area (Å²) in [5.74, 6) is -1.71. The molecule has 1 aromatic carbocycles. The minimum absolute atomic E-state index is 0.274. The van der Waals surface area contributed by atoms with E-state index < -0.39 is 21.9 Å².